The van der Waals surface area contributed by atoms with Gasteiger partial charge in [0.1, 0.15) is 0 Å². The molecule has 0 aromatic carbocycles. The fourth-order valence-electron chi connectivity index (χ4n) is 1.26. The molecule has 0 aliphatic rings. The third-order valence-corrected chi connectivity index (χ3v) is 3.48. The van der Waals surface area contributed by atoms with E-state index < -0.39 is 0 Å². The van der Waals surface area contributed by atoms with Crippen LogP contribution in [0.15, 0.2) is 21.2 Å². The predicted molar refractivity (Wildman–Crippen MR) is 72.3 cm³/mol. The van der Waals surface area contributed by atoms with Crippen LogP contribution in [0.5, 0.6) is 0 Å². The van der Waals surface area contributed by atoms with Gasteiger partial charge in [-0.15, -0.1) is 0 Å². The molecule has 1 aromatic rings. The van der Waals surface area contributed by atoms with Gasteiger partial charge in [0.05, 0.1) is 5.69 Å². The van der Waals surface area contributed by atoms with Gasteiger partial charge in [0, 0.05) is 33.8 Å². The Hall–Kier alpha value is 0.0300. The molecule has 1 rings (SSSR count). The van der Waals surface area contributed by atoms with Crippen LogP contribution in [0.4, 0.5) is 0 Å². The van der Waals surface area contributed by atoms with Crippen LogP contribution in [0.1, 0.15) is 26.0 Å². The number of rotatable bonds is 5. The molecule has 3 nitrogen and oxygen atoms in total. The van der Waals surface area contributed by atoms with E-state index in [1.165, 1.54) is 0 Å². The van der Waals surface area contributed by atoms with Gasteiger partial charge in [0.15, 0.2) is 0 Å². The maximum Gasteiger partial charge on any atom is 0.0684 e. The molecule has 0 radical (unpaired) electrons. The molecule has 0 fully saturated rings. The lowest BCUT2D eigenvalue weighted by atomic mass is 10.0. The summed E-state index contributed by atoms with van der Waals surface area (Å²) in [6.07, 6.45) is 2.50. The number of nitrogens with zero attached hydrogens (tertiary/aromatic N) is 1. The monoisotopic (exact) mass is 350 g/mol. The van der Waals surface area contributed by atoms with E-state index in [2.05, 4.69) is 56.0 Å². The molecule has 2 N–H and O–H groups in total. The number of aromatic nitrogens is 1. The van der Waals surface area contributed by atoms with Crippen molar-refractivity contribution in [2.24, 2.45) is 0 Å². The molecule has 1 aromatic heterocycles. The van der Waals surface area contributed by atoms with E-state index in [0.717, 1.165) is 21.1 Å². The second kappa shape index (κ2) is 6.10. The lowest BCUT2D eigenvalue weighted by molar-refractivity contribution is 0.229. The zero-order chi connectivity index (χ0) is 12.2. The molecule has 90 valence electrons. The summed E-state index contributed by atoms with van der Waals surface area (Å²) >= 11 is 6.84. The summed E-state index contributed by atoms with van der Waals surface area (Å²) in [5, 5.41) is 12.3. The Morgan fingerprint density at radius 3 is 2.69 bits per heavy atom. The largest absolute Gasteiger partial charge is 0.396 e. The second-order valence-electron chi connectivity index (χ2n) is 4.29. The van der Waals surface area contributed by atoms with Crippen LogP contribution in [0.25, 0.3) is 0 Å². The smallest absolute Gasteiger partial charge is 0.0684 e. The van der Waals surface area contributed by atoms with Gasteiger partial charge in [0.25, 0.3) is 0 Å². The topological polar surface area (TPSA) is 45.1 Å². The van der Waals surface area contributed by atoms with Crippen molar-refractivity contribution in [3.05, 3.63) is 26.9 Å². The van der Waals surface area contributed by atoms with Gasteiger partial charge in [-0.05, 0) is 58.2 Å². The maximum absolute atomic E-state index is 8.92. The summed E-state index contributed by atoms with van der Waals surface area (Å²) < 4.78 is 1.94. The van der Waals surface area contributed by atoms with Gasteiger partial charge >= 0.3 is 0 Å². The Morgan fingerprint density at radius 1 is 1.44 bits per heavy atom. The van der Waals surface area contributed by atoms with Crippen molar-refractivity contribution in [3.8, 4) is 0 Å². The molecule has 1 heterocycles. The summed E-state index contributed by atoms with van der Waals surface area (Å²) in [6.45, 7) is 5.00. The highest BCUT2D eigenvalue weighted by atomic mass is 79.9. The van der Waals surface area contributed by atoms with Crippen molar-refractivity contribution in [1.29, 1.82) is 0 Å². The molecule has 0 atom stereocenters. The van der Waals surface area contributed by atoms with Gasteiger partial charge in [-0.1, -0.05) is 0 Å². The van der Waals surface area contributed by atoms with Gasteiger partial charge in [0.2, 0.25) is 0 Å². The van der Waals surface area contributed by atoms with Crippen molar-refractivity contribution < 1.29 is 5.11 Å². The third-order valence-electron chi connectivity index (χ3n) is 2.36. The SMILES string of the molecule is CC(C)(CCO)NCc1ncc(Br)cc1Br. The van der Waals surface area contributed by atoms with Crippen LogP contribution in [-0.4, -0.2) is 22.2 Å². The molecule has 0 aliphatic heterocycles. The highest BCUT2D eigenvalue weighted by molar-refractivity contribution is 9.11. The minimum Gasteiger partial charge on any atom is -0.396 e. The number of halogens is 2. The lowest BCUT2D eigenvalue weighted by Gasteiger charge is -2.25. The van der Waals surface area contributed by atoms with E-state index in [0.29, 0.717) is 6.54 Å². The summed E-state index contributed by atoms with van der Waals surface area (Å²) in [6, 6.07) is 1.98. The van der Waals surface area contributed by atoms with Crippen LogP contribution in [0.2, 0.25) is 0 Å². The van der Waals surface area contributed by atoms with E-state index in [1.807, 2.05) is 6.07 Å². The maximum atomic E-state index is 8.92. The second-order valence-corrected chi connectivity index (χ2v) is 6.06. The molecule has 0 spiro atoms. The molecular formula is C11H16Br2N2O. The number of hydrogen-bond donors (Lipinski definition) is 2. The van der Waals surface area contributed by atoms with Crippen molar-refractivity contribution >= 4 is 31.9 Å². The fourth-order valence-corrected chi connectivity index (χ4v) is 2.39. The standard InChI is InChI=1S/C11H16Br2N2O/c1-11(2,3-4-16)15-7-10-9(13)5-8(12)6-14-10/h5-6,15-16H,3-4,7H2,1-2H3. The van der Waals surface area contributed by atoms with E-state index in [1.54, 1.807) is 6.20 Å². The van der Waals surface area contributed by atoms with Gasteiger partial charge < -0.3 is 10.4 Å². The van der Waals surface area contributed by atoms with E-state index in [4.69, 9.17) is 5.11 Å². The summed E-state index contributed by atoms with van der Waals surface area (Å²) in [5.74, 6) is 0. The Bertz CT molecular complexity index is 356. The van der Waals surface area contributed by atoms with E-state index in [9.17, 15) is 0 Å². The van der Waals surface area contributed by atoms with Crippen molar-refractivity contribution in [3.63, 3.8) is 0 Å². The Morgan fingerprint density at radius 2 is 2.12 bits per heavy atom. The van der Waals surface area contributed by atoms with Crippen LogP contribution in [0.3, 0.4) is 0 Å². The highest BCUT2D eigenvalue weighted by Gasteiger charge is 2.16. The fraction of sp³-hybridized carbons (Fsp3) is 0.545. The molecule has 0 aliphatic carbocycles. The molecule has 0 bridgehead atoms. The van der Waals surface area contributed by atoms with Crippen LogP contribution in [0, 0.1) is 0 Å². The van der Waals surface area contributed by atoms with Crippen LogP contribution >= 0.6 is 31.9 Å². The van der Waals surface area contributed by atoms with Gasteiger partial charge in [-0.3, -0.25) is 4.98 Å². The molecule has 0 amide bonds. The van der Waals surface area contributed by atoms with Crippen LogP contribution in [-0.2, 0) is 6.54 Å². The Labute approximate surface area is 113 Å². The average Bonchev–Trinajstić information content (AvgIpc) is 2.16. The quantitative estimate of drug-likeness (QED) is 0.857. The molecule has 5 heteroatoms. The number of nitrogens with one attached hydrogen (secondary N) is 1. The first-order valence-electron chi connectivity index (χ1n) is 5.10. The van der Waals surface area contributed by atoms with E-state index >= 15 is 0 Å². The van der Waals surface area contributed by atoms with E-state index in [-0.39, 0.29) is 12.1 Å². The molecule has 0 saturated heterocycles. The first kappa shape index (κ1) is 14.1. The highest BCUT2D eigenvalue weighted by Crippen LogP contribution is 2.20. The molecular weight excluding hydrogens is 336 g/mol. The summed E-state index contributed by atoms with van der Waals surface area (Å²) in [4.78, 5) is 4.32. The van der Waals surface area contributed by atoms with Gasteiger partial charge in [-0.25, -0.2) is 0 Å². The number of aliphatic hydroxyl groups is 1. The Kier molecular flexibility index (Phi) is 5.37. The molecule has 16 heavy (non-hydrogen) atoms. The summed E-state index contributed by atoms with van der Waals surface area (Å²) in [5.41, 5.74) is 0.886. The molecule has 0 unspecified atom stereocenters. The van der Waals surface area contributed by atoms with Crippen molar-refractivity contribution in [1.82, 2.24) is 10.3 Å². The number of aliphatic hydroxyl groups excluding tert-OH is 1. The zero-order valence-electron chi connectivity index (χ0n) is 9.43. The average molecular weight is 352 g/mol. The predicted octanol–water partition coefficient (Wildman–Crippen LogP) is 2.86. The van der Waals surface area contributed by atoms with Crippen LogP contribution < -0.4 is 5.32 Å². The minimum absolute atomic E-state index is 0.0804. The van der Waals surface area contributed by atoms with Gasteiger partial charge in [-0.2, -0.15) is 0 Å². The first-order chi connectivity index (χ1) is 7.44. The minimum atomic E-state index is -0.0804. The zero-order valence-corrected chi connectivity index (χ0v) is 12.6. The Balaban J connectivity index is 2.61. The normalized spacial score (nSPS) is 11.8. The number of pyridine rings is 1. The molecule has 0 saturated carbocycles. The summed E-state index contributed by atoms with van der Waals surface area (Å²) in [7, 11) is 0. The number of hydrogen-bond acceptors (Lipinski definition) is 3. The first-order valence-corrected chi connectivity index (χ1v) is 6.69. The lowest BCUT2D eigenvalue weighted by Crippen LogP contribution is -2.39. The van der Waals surface area contributed by atoms with Crippen molar-refractivity contribution in [2.45, 2.75) is 32.4 Å². The third kappa shape index (κ3) is 4.49. The van der Waals surface area contributed by atoms with Crippen molar-refractivity contribution in [2.75, 3.05) is 6.61 Å².